The van der Waals surface area contributed by atoms with Gasteiger partial charge in [-0.25, -0.2) is 0 Å². The lowest BCUT2D eigenvalue weighted by molar-refractivity contribution is -0.118. The molecule has 1 N–H and O–H groups in total. The molecular weight excluding hydrogens is 356 g/mol. The van der Waals surface area contributed by atoms with Gasteiger partial charge in [0.25, 0.3) is 0 Å². The molecule has 6 heteroatoms. The third kappa shape index (κ3) is 3.53. The van der Waals surface area contributed by atoms with E-state index in [-0.39, 0.29) is 5.91 Å². The number of carbonyl (C=O) groups is 1. The number of fused-ring (bicyclic) bond motifs is 3. The zero-order chi connectivity index (χ0) is 18.8. The summed E-state index contributed by atoms with van der Waals surface area (Å²) in [6.45, 7) is 4.66. The van der Waals surface area contributed by atoms with Gasteiger partial charge < -0.3 is 5.32 Å². The summed E-state index contributed by atoms with van der Waals surface area (Å²) in [4.78, 5) is 12.3. The average molecular weight is 376 g/mol. The smallest absolute Gasteiger partial charge is 0.230 e. The van der Waals surface area contributed by atoms with Gasteiger partial charge >= 0.3 is 0 Å². The fourth-order valence-corrected chi connectivity index (χ4v) is 3.93. The number of pyridine rings is 1. The summed E-state index contributed by atoms with van der Waals surface area (Å²) in [6.07, 6.45) is 0. The predicted octanol–water partition coefficient (Wildman–Crippen LogP) is 3.91. The molecule has 4 aromatic rings. The van der Waals surface area contributed by atoms with Crippen LogP contribution in [-0.2, 0) is 11.3 Å². The molecule has 2 aromatic heterocycles. The van der Waals surface area contributed by atoms with Gasteiger partial charge in [-0.2, -0.15) is 0 Å². The molecule has 0 saturated carbocycles. The highest BCUT2D eigenvalue weighted by atomic mass is 32.2. The second-order valence-electron chi connectivity index (χ2n) is 6.51. The van der Waals surface area contributed by atoms with Gasteiger partial charge in [-0.15, -0.1) is 10.2 Å². The number of rotatable bonds is 5. The third-order valence-corrected chi connectivity index (χ3v) is 5.57. The van der Waals surface area contributed by atoms with Gasteiger partial charge in [0.05, 0.1) is 11.3 Å². The molecule has 0 fully saturated rings. The fourth-order valence-electron chi connectivity index (χ4n) is 3.15. The normalized spacial score (nSPS) is 11.2. The van der Waals surface area contributed by atoms with Crippen LogP contribution in [0.3, 0.4) is 0 Å². The fraction of sp³-hybridized carbons (Fsp3) is 0.190. The second kappa shape index (κ2) is 7.40. The van der Waals surface area contributed by atoms with E-state index >= 15 is 0 Å². The minimum atomic E-state index is -0.0172. The van der Waals surface area contributed by atoms with E-state index < -0.39 is 0 Å². The molecule has 0 aliphatic heterocycles. The Morgan fingerprint density at radius 1 is 1.04 bits per heavy atom. The number of hydrogen-bond donors (Lipinski definition) is 1. The van der Waals surface area contributed by atoms with Crippen LogP contribution < -0.4 is 5.32 Å². The lowest BCUT2D eigenvalue weighted by Crippen LogP contribution is -2.25. The number of nitrogens with one attached hydrogen (secondary N) is 1. The molecule has 5 nitrogen and oxygen atoms in total. The largest absolute Gasteiger partial charge is 0.351 e. The lowest BCUT2D eigenvalue weighted by atomic mass is 10.1. The molecule has 1 amide bonds. The predicted molar refractivity (Wildman–Crippen MR) is 109 cm³/mol. The number of benzene rings is 2. The van der Waals surface area contributed by atoms with E-state index in [1.165, 1.54) is 17.3 Å². The Morgan fingerprint density at radius 3 is 2.67 bits per heavy atom. The zero-order valence-corrected chi connectivity index (χ0v) is 16.1. The maximum absolute atomic E-state index is 12.3. The van der Waals surface area contributed by atoms with Crippen LogP contribution >= 0.6 is 11.8 Å². The second-order valence-corrected chi connectivity index (χ2v) is 7.46. The van der Waals surface area contributed by atoms with Crippen molar-refractivity contribution in [3.05, 3.63) is 71.3 Å². The molecule has 0 unspecified atom stereocenters. The molecule has 0 bridgehead atoms. The standard InChI is InChI=1S/C21H20N4OS/c1-14-7-3-4-8-16(14)12-22-20(26)13-27-21-24-23-19-11-15(2)17-9-5-6-10-18(17)25(19)21/h3-11H,12-13H2,1-2H3,(H,22,26). The highest BCUT2D eigenvalue weighted by molar-refractivity contribution is 7.99. The number of nitrogens with zero attached hydrogens (tertiary/aromatic N) is 3. The SMILES string of the molecule is Cc1ccccc1CNC(=O)CSc1nnc2cc(C)c3ccccc3n12. The molecule has 0 atom stereocenters. The minimum Gasteiger partial charge on any atom is -0.351 e. The number of hydrogen-bond acceptors (Lipinski definition) is 4. The summed E-state index contributed by atoms with van der Waals surface area (Å²) < 4.78 is 2.02. The summed E-state index contributed by atoms with van der Waals surface area (Å²) in [5, 5.41) is 13.4. The summed E-state index contributed by atoms with van der Waals surface area (Å²) in [6, 6.07) is 18.3. The van der Waals surface area contributed by atoms with E-state index in [2.05, 4.69) is 34.6 Å². The summed E-state index contributed by atoms with van der Waals surface area (Å²) >= 11 is 1.40. The summed E-state index contributed by atoms with van der Waals surface area (Å²) in [5.41, 5.74) is 5.33. The highest BCUT2D eigenvalue weighted by Crippen LogP contribution is 2.25. The Balaban J connectivity index is 1.50. The molecule has 2 heterocycles. The minimum absolute atomic E-state index is 0.0172. The number of aryl methyl sites for hydroxylation is 2. The van der Waals surface area contributed by atoms with Crippen molar-refractivity contribution in [3.63, 3.8) is 0 Å². The van der Waals surface area contributed by atoms with E-state index in [1.807, 2.05) is 53.8 Å². The van der Waals surface area contributed by atoms with E-state index in [4.69, 9.17) is 0 Å². The van der Waals surface area contributed by atoms with Crippen molar-refractivity contribution in [3.8, 4) is 0 Å². The van der Waals surface area contributed by atoms with Crippen LogP contribution in [0.25, 0.3) is 16.6 Å². The number of para-hydroxylation sites is 1. The number of carbonyl (C=O) groups excluding carboxylic acids is 1. The molecule has 0 radical (unpaired) electrons. The molecule has 0 aliphatic rings. The van der Waals surface area contributed by atoms with Crippen LogP contribution in [0.15, 0.2) is 59.8 Å². The van der Waals surface area contributed by atoms with Crippen LogP contribution in [0.4, 0.5) is 0 Å². The van der Waals surface area contributed by atoms with Crippen LogP contribution in [-0.4, -0.2) is 26.3 Å². The summed E-state index contributed by atoms with van der Waals surface area (Å²) in [5.74, 6) is 0.283. The maximum atomic E-state index is 12.3. The monoisotopic (exact) mass is 376 g/mol. The van der Waals surface area contributed by atoms with E-state index in [1.54, 1.807) is 0 Å². The Bertz CT molecular complexity index is 1140. The van der Waals surface area contributed by atoms with Crippen LogP contribution in [0.2, 0.25) is 0 Å². The molecule has 0 saturated heterocycles. The van der Waals surface area contributed by atoms with Crippen LogP contribution in [0.5, 0.6) is 0 Å². The molecule has 0 spiro atoms. The topological polar surface area (TPSA) is 59.3 Å². The number of thioether (sulfide) groups is 1. The van der Waals surface area contributed by atoms with Crippen molar-refractivity contribution in [2.45, 2.75) is 25.5 Å². The highest BCUT2D eigenvalue weighted by Gasteiger charge is 2.13. The first-order valence-electron chi connectivity index (χ1n) is 8.81. The van der Waals surface area contributed by atoms with Crippen molar-refractivity contribution in [2.24, 2.45) is 0 Å². The quantitative estimate of drug-likeness (QED) is 0.537. The Labute approximate surface area is 161 Å². The molecular formula is C21H20N4OS. The molecule has 136 valence electrons. The first-order valence-corrected chi connectivity index (χ1v) is 9.79. The van der Waals surface area contributed by atoms with Crippen molar-refractivity contribution >= 4 is 34.2 Å². The Morgan fingerprint density at radius 2 is 1.81 bits per heavy atom. The van der Waals surface area contributed by atoms with Crippen molar-refractivity contribution in [1.82, 2.24) is 19.9 Å². The molecule has 4 rings (SSSR count). The lowest BCUT2D eigenvalue weighted by Gasteiger charge is -2.08. The van der Waals surface area contributed by atoms with Gasteiger partial charge in [-0.1, -0.05) is 54.2 Å². The number of amides is 1. The van der Waals surface area contributed by atoms with Gasteiger partial charge in [-0.05, 0) is 42.7 Å². The first-order chi connectivity index (χ1) is 13.1. The van der Waals surface area contributed by atoms with Gasteiger partial charge in [0.15, 0.2) is 10.8 Å². The van der Waals surface area contributed by atoms with Gasteiger partial charge in [0, 0.05) is 11.9 Å². The summed E-state index contributed by atoms with van der Waals surface area (Å²) in [7, 11) is 0. The average Bonchev–Trinajstić information content (AvgIpc) is 3.09. The third-order valence-electron chi connectivity index (χ3n) is 4.64. The van der Waals surface area contributed by atoms with Crippen molar-refractivity contribution < 1.29 is 4.79 Å². The number of aromatic nitrogens is 3. The Kier molecular flexibility index (Phi) is 4.81. The molecule has 0 aliphatic carbocycles. The van der Waals surface area contributed by atoms with E-state index in [9.17, 15) is 4.79 Å². The van der Waals surface area contributed by atoms with Gasteiger partial charge in [0.2, 0.25) is 5.91 Å². The van der Waals surface area contributed by atoms with Crippen LogP contribution in [0, 0.1) is 13.8 Å². The first kappa shape index (κ1) is 17.5. The molecule has 27 heavy (non-hydrogen) atoms. The van der Waals surface area contributed by atoms with E-state index in [0.717, 1.165) is 32.8 Å². The molecule has 2 aromatic carbocycles. The zero-order valence-electron chi connectivity index (χ0n) is 15.3. The Hall–Kier alpha value is -2.86. The van der Waals surface area contributed by atoms with E-state index in [0.29, 0.717) is 12.3 Å². The van der Waals surface area contributed by atoms with Gasteiger partial charge in [0.1, 0.15) is 0 Å². The van der Waals surface area contributed by atoms with Crippen LogP contribution in [0.1, 0.15) is 16.7 Å². The van der Waals surface area contributed by atoms with Crippen molar-refractivity contribution in [1.29, 1.82) is 0 Å². The van der Waals surface area contributed by atoms with Crippen molar-refractivity contribution in [2.75, 3.05) is 5.75 Å². The van der Waals surface area contributed by atoms with Gasteiger partial charge in [-0.3, -0.25) is 9.20 Å². The maximum Gasteiger partial charge on any atom is 0.230 e.